The van der Waals surface area contributed by atoms with Crippen molar-refractivity contribution in [3.63, 3.8) is 0 Å². The highest BCUT2D eigenvalue weighted by molar-refractivity contribution is 6.30. The molecule has 0 saturated carbocycles. The first-order valence-electron chi connectivity index (χ1n) is 18.9. The van der Waals surface area contributed by atoms with Crippen molar-refractivity contribution in [2.45, 2.75) is 24.7 Å². The van der Waals surface area contributed by atoms with Crippen LogP contribution in [0.1, 0.15) is 47.2 Å². The summed E-state index contributed by atoms with van der Waals surface area (Å²) in [5.41, 5.74) is 17.6. The molecule has 8 aromatic carbocycles. The Bertz CT molecular complexity index is 3140. The zero-order valence-electron chi connectivity index (χ0n) is 30.1. The average Bonchev–Trinajstić information content (AvgIpc) is 3.93. The zero-order valence-corrected chi connectivity index (χ0v) is 30.1. The largest absolute Gasteiger partial charge is 0.455 e. The fraction of sp³-hybridized carbons (Fsp3) is 0.0769. The summed E-state index contributed by atoms with van der Waals surface area (Å²) >= 11 is 0. The second-order valence-corrected chi connectivity index (χ2v) is 15.6. The lowest BCUT2D eigenvalue weighted by atomic mass is 9.67. The Morgan fingerprint density at radius 1 is 0.481 bits per heavy atom. The fourth-order valence-corrected chi connectivity index (χ4v) is 10.5. The number of aromatic nitrogens is 1. The van der Waals surface area contributed by atoms with E-state index in [4.69, 9.17) is 4.42 Å². The molecular weight excluding hydrogens is 655 g/mol. The van der Waals surface area contributed by atoms with Crippen LogP contribution in [0.2, 0.25) is 0 Å². The second kappa shape index (κ2) is 10.5. The van der Waals surface area contributed by atoms with Crippen molar-refractivity contribution in [2.75, 3.05) is 0 Å². The van der Waals surface area contributed by atoms with E-state index in [-0.39, 0.29) is 5.41 Å². The summed E-state index contributed by atoms with van der Waals surface area (Å²) in [6.45, 7) is 4.77. The first kappa shape index (κ1) is 29.9. The number of benzene rings is 8. The predicted octanol–water partition coefficient (Wildman–Crippen LogP) is 13.4. The van der Waals surface area contributed by atoms with Gasteiger partial charge in [0.1, 0.15) is 11.2 Å². The molecule has 2 heteroatoms. The van der Waals surface area contributed by atoms with Gasteiger partial charge in [0.15, 0.2) is 0 Å². The third kappa shape index (κ3) is 3.56. The Kier molecular flexibility index (Phi) is 5.81. The van der Waals surface area contributed by atoms with Gasteiger partial charge >= 0.3 is 0 Å². The van der Waals surface area contributed by atoms with Crippen LogP contribution in [0.15, 0.2) is 180 Å². The highest BCUT2D eigenvalue weighted by atomic mass is 16.3. The van der Waals surface area contributed by atoms with Crippen LogP contribution in [0, 0.1) is 0 Å². The first-order chi connectivity index (χ1) is 26.6. The molecule has 2 nitrogen and oxygen atoms in total. The molecule has 0 N–H and O–H groups in total. The Morgan fingerprint density at radius 3 is 1.83 bits per heavy atom. The minimum Gasteiger partial charge on any atom is -0.455 e. The molecule has 2 aliphatic rings. The van der Waals surface area contributed by atoms with E-state index in [2.05, 4.69) is 194 Å². The minimum absolute atomic E-state index is 0.234. The number of fused-ring (bicyclic) bond motifs is 15. The van der Waals surface area contributed by atoms with E-state index in [1.165, 1.54) is 82.8 Å². The Balaban J connectivity index is 1.27. The van der Waals surface area contributed by atoms with Crippen molar-refractivity contribution in [1.29, 1.82) is 0 Å². The third-order valence-electron chi connectivity index (χ3n) is 12.6. The van der Waals surface area contributed by atoms with Crippen molar-refractivity contribution in [2.24, 2.45) is 0 Å². The molecule has 0 amide bonds. The molecule has 10 aromatic rings. The van der Waals surface area contributed by atoms with Crippen LogP contribution in [0.3, 0.4) is 0 Å². The molecule has 54 heavy (non-hydrogen) atoms. The van der Waals surface area contributed by atoms with E-state index in [1.807, 2.05) is 0 Å². The maximum Gasteiger partial charge on any atom is 0.145 e. The molecule has 0 fully saturated rings. The number of furan rings is 1. The van der Waals surface area contributed by atoms with Crippen molar-refractivity contribution in [1.82, 2.24) is 4.57 Å². The summed E-state index contributed by atoms with van der Waals surface area (Å²) in [6.07, 6.45) is 0. The van der Waals surface area contributed by atoms with E-state index < -0.39 is 5.41 Å². The van der Waals surface area contributed by atoms with Crippen LogP contribution in [0.5, 0.6) is 0 Å². The van der Waals surface area contributed by atoms with Crippen LogP contribution < -0.4 is 0 Å². The molecule has 0 unspecified atom stereocenters. The quantitative estimate of drug-likeness (QED) is 0.181. The Morgan fingerprint density at radius 2 is 1.07 bits per heavy atom. The highest BCUT2D eigenvalue weighted by Gasteiger charge is 2.46. The summed E-state index contributed by atoms with van der Waals surface area (Å²) in [7, 11) is 0. The summed E-state index contributed by atoms with van der Waals surface area (Å²) in [6, 6.07) is 64.9. The van der Waals surface area contributed by atoms with Gasteiger partial charge in [0.05, 0.1) is 21.8 Å². The van der Waals surface area contributed by atoms with Gasteiger partial charge in [0.25, 0.3) is 0 Å². The van der Waals surface area contributed by atoms with E-state index in [0.29, 0.717) is 0 Å². The summed E-state index contributed by atoms with van der Waals surface area (Å²) in [4.78, 5) is 0. The van der Waals surface area contributed by atoms with Crippen LogP contribution >= 0.6 is 0 Å². The molecule has 12 rings (SSSR count). The SMILES string of the molecule is CC1(C)c2ccccc2-c2c1c1c3ccccc3n(-c3ccc4c(c3)C(c3ccccc3)(c3ccccc3)c3ccccc3-4)c1c1c2oc2ccccc21. The van der Waals surface area contributed by atoms with Gasteiger partial charge in [-0.1, -0.05) is 166 Å². The van der Waals surface area contributed by atoms with Gasteiger partial charge < -0.3 is 8.98 Å². The lowest BCUT2D eigenvalue weighted by Crippen LogP contribution is -2.28. The minimum atomic E-state index is -0.494. The van der Waals surface area contributed by atoms with Gasteiger partial charge in [0, 0.05) is 32.8 Å². The van der Waals surface area contributed by atoms with E-state index in [1.54, 1.807) is 0 Å². The van der Waals surface area contributed by atoms with E-state index >= 15 is 0 Å². The maximum absolute atomic E-state index is 6.99. The number of nitrogens with zero attached hydrogens (tertiary/aromatic N) is 1. The van der Waals surface area contributed by atoms with Crippen LogP contribution in [0.25, 0.3) is 71.7 Å². The van der Waals surface area contributed by atoms with Crippen molar-refractivity contribution in [3.8, 4) is 27.9 Å². The van der Waals surface area contributed by atoms with E-state index in [0.717, 1.165) is 22.2 Å². The van der Waals surface area contributed by atoms with Crippen molar-refractivity contribution >= 4 is 43.7 Å². The Labute approximate surface area is 313 Å². The van der Waals surface area contributed by atoms with Crippen molar-refractivity contribution < 1.29 is 4.42 Å². The normalized spacial score (nSPS) is 14.8. The van der Waals surface area contributed by atoms with Gasteiger partial charge in [0.2, 0.25) is 0 Å². The standard InChI is InChI=1S/C52H35NO/c1-51(2)40-25-13-10-22-37(40)46-48(51)45-38-23-11-15-27-43(38)53(49(45)47-39-24-12-16-28-44(39)54-50(46)47)34-29-30-36-35-21-9-14-26-41(35)52(42(36)31-34,32-17-5-3-6-18-32)33-19-7-4-8-20-33/h3-31H,1-2H3. The molecule has 0 radical (unpaired) electrons. The van der Waals surface area contributed by atoms with Gasteiger partial charge in [-0.05, 0) is 74.3 Å². The smallest absolute Gasteiger partial charge is 0.145 e. The van der Waals surface area contributed by atoms with Gasteiger partial charge in [-0.15, -0.1) is 0 Å². The van der Waals surface area contributed by atoms with Crippen molar-refractivity contribution in [3.05, 3.63) is 209 Å². The molecule has 0 aliphatic heterocycles. The Hall–Kier alpha value is -6.64. The van der Waals surface area contributed by atoms with Gasteiger partial charge in [-0.25, -0.2) is 0 Å². The van der Waals surface area contributed by atoms with E-state index in [9.17, 15) is 0 Å². The second-order valence-electron chi connectivity index (χ2n) is 15.6. The average molecular weight is 690 g/mol. The number of hydrogen-bond acceptors (Lipinski definition) is 1. The summed E-state index contributed by atoms with van der Waals surface area (Å²) in [5.74, 6) is 0. The van der Waals surface area contributed by atoms with Gasteiger partial charge in [-0.2, -0.15) is 0 Å². The van der Waals surface area contributed by atoms with Crippen LogP contribution in [-0.4, -0.2) is 4.57 Å². The molecule has 0 saturated heterocycles. The molecule has 0 atom stereocenters. The van der Waals surface area contributed by atoms with Crippen LogP contribution in [-0.2, 0) is 10.8 Å². The topological polar surface area (TPSA) is 18.1 Å². The van der Waals surface area contributed by atoms with Gasteiger partial charge in [-0.3, -0.25) is 0 Å². The number of para-hydroxylation sites is 2. The predicted molar refractivity (Wildman–Crippen MR) is 223 cm³/mol. The highest BCUT2D eigenvalue weighted by Crippen LogP contribution is 2.59. The molecular formula is C52H35NO. The monoisotopic (exact) mass is 689 g/mol. The molecule has 2 heterocycles. The lowest BCUT2D eigenvalue weighted by Gasteiger charge is -2.34. The molecule has 254 valence electrons. The number of rotatable bonds is 3. The van der Waals surface area contributed by atoms with Crippen LogP contribution in [0.4, 0.5) is 0 Å². The molecule has 2 aromatic heterocycles. The third-order valence-corrected chi connectivity index (χ3v) is 12.6. The lowest BCUT2D eigenvalue weighted by molar-refractivity contribution is 0.658. The summed E-state index contributed by atoms with van der Waals surface area (Å²) < 4.78 is 9.53. The summed E-state index contributed by atoms with van der Waals surface area (Å²) in [5, 5.41) is 4.88. The molecule has 0 bridgehead atoms. The number of hydrogen-bond donors (Lipinski definition) is 0. The molecule has 0 spiro atoms. The zero-order chi connectivity index (χ0) is 35.8. The first-order valence-corrected chi connectivity index (χ1v) is 18.9. The fourth-order valence-electron chi connectivity index (χ4n) is 10.5. The maximum atomic E-state index is 6.99. The molecule has 2 aliphatic carbocycles.